The lowest BCUT2D eigenvalue weighted by Crippen LogP contribution is -2.26. The Kier molecular flexibility index (Phi) is 8.89. The van der Waals surface area contributed by atoms with Gasteiger partial charge in [0.05, 0.1) is 55.0 Å². The number of fused-ring (bicyclic) bond motifs is 32. The van der Waals surface area contributed by atoms with Crippen molar-refractivity contribution >= 4 is 130 Å². The number of para-hydroxylation sites is 4. The molecule has 0 aliphatic heterocycles. The van der Waals surface area contributed by atoms with Gasteiger partial charge in [-0.1, -0.05) is 243 Å². The summed E-state index contributed by atoms with van der Waals surface area (Å²) in [5.74, 6) is 0. The molecule has 1 unspecified atom stereocenters. The third-order valence-electron chi connectivity index (χ3n) is 21.1. The molecule has 16 aromatic carbocycles. The van der Waals surface area contributed by atoms with Gasteiger partial charge in [0, 0.05) is 76.6 Å². The van der Waals surface area contributed by atoms with Crippen LogP contribution in [0.1, 0.15) is 27.7 Å². The van der Waals surface area contributed by atoms with E-state index in [9.17, 15) is 5.48 Å². The molecule has 0 saturated heterocycles. The van der Waals surface area contributed by atoms with Crippen LogP contribution in [0.15, 0.2) is 315 Å². The molecule has 4 heterocycles. The number of nitrogens with zero attached hydrogens (tertiary/aromatic N) is 4. The van der Waals surface area contributed by atoms with E-state index in [4.69, 9.17) is 0 Å². The van der Waals surface area contributed by atoms with Gasteiger partial charge in [-0.15, -0.1) is 0 Å². The van der Waals surface area contributed by atoms with Gasteiger partial charge in [0.1, 0.15) is 0 Å². The maximum atomic E-state index is 10.0. The third-order valence-corrected chi connectivity index (χ3v) is 21.1. The molecule has 0 N–H and O–H groups in total. The molecule has 0 bridgehead atoms. The zero-order chi connectivity index (χ0) is 63.8. The first kappa shape index (κ1) is 45.9. The van der Waals surface area contributed by atoms with E-state index < -0.39 is 5.41 Å². The first-order valence-electron chi connectivity index (χ1n) is 34.1. The second kappa shape index (κ2) is 18.0. The molecule has 4 aromatic heterocycles. The number of rotatable bonds is 4. The van der Waals surface area contributed by atoms with Crippen molar-refractivity contribution in [2.75, 3.05) is 0 Å². The summed E-state index contributed by atoms with van der Waals surface area (Å²) in [4.78, 5) is 0. The topological polar surface area (TPSA) is 19.7 Å². The van der Waals surface area contributed by atoms with Crippen LogP contribution in [0.3, 0.4) is 0 Å². The number of hydrogen-bond acceptors (Lipinski definition) is 0. The molecule has 0 saturated carbocycles. The highest BCUT2D eigenvalue weighted by atomic mass is 15.0. The zero-order valence-electron chi connectivity index (χ0n) is 54.0. The molecule has 4 heteroatoms. The predicted molar refractivity (Wildman–Crippen MR) is 390 cm³/mol. The summed E-state index contributed by atoms with van der Waals surface area (Å²) in [7, 11) is 0. The molecular formula is C89H52N4. The van der Waals surface area contributed by atoms with Gasteiger partial charge in [0.25, 0.3) is 0 Å². The summed E-state index contributed by atoms with van der Waals surface area (Å²) in [6.45, 7) is 0. The molecule has 22 rings (SSSR count). The van der Waals surface area contributed by atoms with Gasteiger partial charge in [-0.25, -0.2) is 0 Å². The molecule has 1 spiro atoms. The average Bonchev–Trinajstić information content (AvgIpc) is 1.53. The largest absolute Gasteiger partial charge is 0.309 e. The molecule has 1 atom stereocenters. The van der Waals surface area contributed by atoms with Crippen LogP contribution in [0.4, 0.5) is 0 Å². The molecular weight excluding hydrogens is 1130 g/mol. The van der Waals surface area contributed by atoms with Crippen molar-refractivity contribution in [2.45, 2.75) is 5.41 Å². The summed E-state index contributed by atoms with van der Waals surface area (Å²) in [6.07, 6.45) is 0. The standard InChI is InChI=1S/C89H52N4/c1-3-23-55-49-57(43-41-53(55)21-1)90-79-39-19-13-33-70(79)83-85(90)66-29-7-5-27-64(66)81-68-31-11-17-37-77(68)92(87(81)83)59-46-48-75-72(51-59)62-26-10-16-36-74(62)89(75)73-35-15-9-25-61(73)63-47-45-60(52-76(63)89)93-78-38-18-12-32-69(78)82-65-28-6-8-30-67(65)86-84(88(82)93)71-34-14-20-40-80(71)91(86)58-44-42-54-22-2-4-24-56(54)50-58/h1-52H/i37D,38D,39D,40D. The van der Waals surface area contributed by atoms with Gasteiger partial charge in [-0.3, -0.25) is 0 Å². The Balaban J connectivity index is 0.834. The van der Waals surface area contributed by atoms with E-state index in [1.54, 1.807) is 0 Å². The Bertz CT molecular complexity index is 7020. The second-order valence-corrected chi connectivity index (χ2v) is 25.4. The lowest BCUT2D eigenvalue weighted by molar-refractivity contribution is 0.792. The van der Waals surface area contributed by atoms with E-state index in [2.05, 4.69) is 261 Å². The zero-order valence-corrected chi connectivity index (χ0v) is 50.0. The van der Waals surface area contributed by atoms with Gasteiger partial charge < -0.3 is 18.3 Å². The van der Waals surface area contributed by atoms with Crippen molar-refractivity contribution in [2.24, 2.45) is 0 Å². The van der Waals surface area contributed by atoms with E-state index in [-0.39, 0.29) is 0 Å². The van der Waals surface area contributed by atoms with Crippen LogP contribution in [0, 0.1) is 0 Å². The fraction of sp³-hybridized carbons (Fsp3) is 0.0112. The number of hydrogen-bond donors (Lipinski definition) is 0. The van der Waals surface area contributed by atoms with E-state index in [1.807, 2.05) is 48.5 Å². The first-order valence-corrected chi connectivity index (χ1v) is 32.1. The van der Waals surface area contributed by atoms with Crippen molar-refractivity contribution in [3.63, 3.8) is 0 Å². The molecule has 0 fully saturated rings. The summed E-state index contributed by atoms with van der Waals surface area (Å²) < 4.78 is 49.0. The van der Waals surface area contributed by atoms with Crippen LogP contribution >= 0.6 is 0 Å². The van der Waals surface area contributed by atoms with Crippen molar-refractivity contribution in [3.05, 3.63) is 338 Å². The Morgan fingerprint density at radius 2 is 0.548 bits per heavy atom. The Labute approximate surface area is 539 Å². The summed E-state index contributed by atoms with van der Waals surface area (Å²) in [5.41, 5.74) is 19.8. The quantitative estimate of drug-likeness (QED) is 0.167. The molecule has 0 amide bonds. The molecule has 93 heavy (non-hydrogen) atoms. The number of benzene rings is 16. The van der Waals surface area contributed by atoms with Crippen LogP contribution in [0.2, 0.25) is 0 Å². The average molecular weight is 1180 g/mol. The van der Waals surface area contributed by atoms with E-state index in [1.165, 1.54) is 22.3 Å². The third kappa shape index (κ3) is 6.25. The Morgan fingerprint density at radius 3 is 1.05 bits per heavy atom. The van der Waals surface area contributed by atoms with Crippen LogP contribution in [-0.4, -0.2) is 18.3 Å². The van der Waals surface area contributed by atoms with Crippen LogP contribution in [-0.2, 0) is 5.41 Å². The van der Waals surface area contributed by atoms with Gasteiger partial charge in [0.15, 0.2) is 0 Å². The highest BCUT2D eigenvalue weighted by Crippen LogP contribution is 2.64. The van der Waals surface area contributed by atoms with Crippen LogP contribution < -0.4 is 0 Å². The molecule has 20 aromatic rings. The van der Waals surface area contributed by atoms with Crippen molar-refractivity contribution in [1.29, 1.82) is 0 Å². The van der Waals surface area contributed by atoms with E-state index in [0.29, 0.717) is 24.2 Å². The minimum Gasteiger partial charge on any atom is -0.309 e. The van der Waals surface area contributed by atoms with Gasteiger partial charge in [0.2, 0.25) is 0 Å². The van der Waals surface area contributed by atoms with E-state index in [0.717, 1.165) is 175 Å². The first-order chi connectivity index (χ1) is 47.8. The molecule has 0 radical (unpaired) electrons. The molecule has 428 valence electrons. The highest BCUT2D eigenvalue weighted by Gasteiger charge is 2.52. The summed E-state index contributed by atoms with van der Waals surface area (Å²) >= 11 is 0. The molecule has 2 aliphatic rings. The normalized spacial score (nSPS) is 14.9. The van der Waals surface area contributed by atoms with Crippen molar-refractivity contribution in [3.8, 4) is 45.0 Å². The van der Waals surface area contributed by atoms with Crippen molar-refractivity contribution in [1.82, 2.24) is 18.3 Å². The predicted octanol–water partition coefficient (Wildman–Crippen LogP) is 23.0. The van der Waals surface area contributed by atoms with Gasteiger partial charge >= 0.3 is 0 Å². The van der Waals surface area contributed by atoms with Gasteiger partial charge in [-0.05, 0) is 150 Å². The molecule has 4 nitrogen and oxygen atoms in total. The second-order valence-electron chi connectivity index (χ2n) is 25.4. The van der Waals surface area contributed by atoms with Gasteiger partial charge in [-0.2, -0.15) is 0 Å². The minimum absolute atomic E-state index is 0.428. The number of aromatic nitrogens is 4. The summed E-state index contributed by atoms with van der Waals surface area (Å²) in [5, 5.41) is 17.1. The highest BCUT2D eigenvalue weighted by molar-refractivity contribution is 6.38. The lowest BCUT2D eigenvalue weighted by Gasteiger charge is -2.31. The minimum atomic E-state index is -0.772. The maximum Gasteiger partial charge on any atom is 0.0726 e. The smallest absolute Gasteiger partial charge is 0.0726 e. The van der Waals surface area contributed by atoms with Crippen molar-refractivity contribution < 1.29 is 5.48 Å². The van der Waals surface area contributed by atoms with E-state index >= 15 is 0 Å². The Morgan fingerprint density at radius 1 is 0.215 bits per heavy atom. The fourth-order valence-corrected chi connectivity index (χ4v) is 17.6. The fourth-order valence-electron chi connectivity index (χ4n) is 17.6. The maximum absolute atomic E-state index is 10.0. The molecule has 2 aliphatic carbocycles. The SMILES string of the molecule is [2H]c1cccc2c3c(c4ccccc4c4c5cccc([2H])c5n(-c5ccc6c(c5)-c5ccccc5C65c6ccccc6-c6ccc(-n7c8c([2H])cccc8c8c9ccccc9c9c(c%10cccc([2H])c%10n9-c9ccc%10ccccc%10c9)c87)cc65)c43)n(-c3ccc4ccccc4c3)c12. The lowest BCUT2D eigenvalue weighted by atomic mass is 9.70. The monoisotopic (exact) mass is 1180 g/mol. The van der Waals surface area contributed by atoms with Crippen LogP contribution in [0.25, 0.3) is 175 Å². The van der Waals surface area contributed by atoms with Crippen LogP contribution in [0.5, 0.6) is 0 Å². The summed E-state index contributed by atoms with van der Waals surface area (Å²) in [6, 6.07) is 106. The Hall–Kier alpha value is -12.2.